The van der Waals surface area contributed by atoms with Crippen LogP contribution in [-0.4, -0.2) is 43.4 Å². The van der Waals surface area contributed by atoms with Crippen LogP contribution in [0, 0.1) is 12.8 Å². The van der Waals surface area contributed by atoms with Crippen LogP contribution in [0.15, 0.2) is 40.2 Å². The van der Waals surface area contributed by atoms with E-state index in [1.54, 1.807) is 30.0 Å². The van der Waals surface area contributed by atoms with Gasteiger partial charge < -0.3 is 9.88 Å². The molecule has 0 spiro atoms. The molecule has 1 amide bonds. The van der Waals surface area contributed by atoms with Gasteiger partial charge in [-0.2, -0.15) is 0 Å². The Balaban J connectivity index is 1.39. The number of para-hydroxylation sites is 1. The number of amides is 1. The molecule has 2 aliphatic rings. The lowest BCUT2D eigenvalue weighted by Gasteiger charge is -2.25. The third-order valence-electron chi connectivity index (χ3n) is 6.11. The van der Waals surface area contributed by atoms with Crippen LogP contribution in [0.2, 0.25) is 0 Å². The number of hydrogen-bond acceptors (Lipinski definition) is 5. The number of fused-ring (bicyclic) bond motifs is 4. The number of carbonyl (C=O) groups is 1. The van der Waals surface area contributed by atoms with E-state index in [4.69, 9.17) is 0 Å². The van der Waals surface area contributed by atoms with Crippen LogP contribution in [0.4, 0.5) is 0 Å². The van der Waals surface area contributed by atoms with Gasteiger partial charge in [0.25, 0.3) is 11.1 Å². The number of carbonyl (C=O) groups excluding carboxylic acids is 1. The summed E-state index contributed by atoms with van der Waals surface area (Å²) in [6.07, 6.45) is 2.99. The normalized spacial score (nSPS) is 20.5. The molecule has 1 saturated heterocycles. The fourth-order valence-corrected chi connectivity index (χ4v) is 4.65. The zero-order valence-electron chi connectivity index (χ0n) is 16.1. The van der Waals surface area contributed by atoms with Crippen molar-refractivity contribution in [3.63, 3.8) is 0 Å². The third-order valence-corrected chi connectivity index (χ3v) is 6.11. The first kappa shape index (κ1) is 17.8. The Bertz CT molecular complexity index is 1250. The lowest BCUT2D eigenvalue weighted by atomic mass is 9.80. The number of H-pyrrole nitrogens is 1. The number of nitrogens with one attached hydrogen (secondary N) is 1. The Hall–Kier alpha value is -3.29. The molecule has 1 N–H and O–H groups in total. The van der Waals surface area contributed by atoms with Crippen LogP contribution in [-0.2, 0) is 17.8 Å². The minimum atomic E-state index is -0.213. The van der Waals surface area contributed by atoms with E-state index in [1.165, 1.54) is 10.9 Å². The maximum absolute atomic E-state index is 12.9. The second-order valence-corrected chi connectivity index (χ2v) is 7.91. The number of aryl methyl sites for hydroxylation is 1. The van der Waals surface area contributed by atoms with Crippen LogP contribution in [0.25, 0.3) is 10.9 Å². The first-order valence-electron chi connectivity index (χ1n) is 9.83. The summed E-state index contributed by atoms with van der Waals surface area (Å²) in [5.41, 5.74) is 1.93. The van der Waals surface area contributed by atoms with E-state index < -0.39 is 0 Å². The maximum Gasteiger partial charge on any atom is 0.261 e. The van der Waals surface area contributed by atoms with Crippen molar-refractivity contribution < 1.29 is 4.79 Å². The number of likely N-dealkylation sites (tertiary alicyclic amines) is 1. The lowest BCUT2D eigenvalue weighted by Crippen LogP contribution is -2.35. The Kier molecular flexibility index (Phi) is 4.08. The quantitative estimate of drug-likeness (QED) is 0.702. The summed E-state index contributed by atoms with van der Waals surface area (Å²) < 4.78 is 1.37. The van der Waals surface area contributed by atoms with Crippen molar-refractivity contribution in [3.05, 3.63) is 68.4 Å². The number of nitrogens with zero attached hydrogens (tertiary/aromatic N) is 4. The van der Waals surface area contributed by atoms with E-state index in [9.17, 15) is 14.4 Å². The monoisotopic (exact) mass is 391 g/mol. The molecule has 8 nitrogen and oxygen atoms in total. The zero-order valence-corrected chi connectivity index (χ0v) is 16.1. The highest BCUT2D eigenvalue weighted by Crippen LogP contribution is 2.39. The van der Waals surface area contributed by atoms with Crippen molar-refractivity contribution in [2.24, 2.45) is 5.92 Å². The fraction of sp³-hybridized carbons (Fsp3) is 0.381. The molecule has 0 unspecified atom stereocenters. The van der Waals surface area contributed by atoms with Gasteiger partial charge in [0.15, 0.2) is 0 Å². The van der Waals surface area contributed by atoms with Crippen molar-refractivity contribution in [1.82, 2.24) is 24.4 Å². The molecule has 0 bridgehead atoms. The molecule has 1 aromatic carbocycles. The van der Waals surface area contributed by atoms with E-state index in [0.29, 0.717) is 42.2 Å². The molecule has 2 aromatic heterocycles. The molecule has 1 aliphatic heterocycles. The van der Waals surface area contributed by atoms with Gasteiger partial charge in [0.05, 0.1) is 22.9 Å². The summed E-state index contributed by atoms with van der Waals surface area (Å²) in [5, 5.41) is 0.505. The summed E-state index contributed by atoms with van der Waals surface area (Å²) in [6.45, 7) is 2.90. The average Bonchev–Trinajstić information content (AvgIpc) is 3.15. The van der Waals surface area contributed by atoms with E-state index in [1.807, 2.05) is 6.07 Å². The second-order valence-electron chi connectivity index (χ2n) is 7.91. The Morgan fingerprint density at radius 3 is 2.93 bits per heavy atom. The van der Waals surface area contributed by atoms with Crippen LogP contribution < -0.4 is 11.1 Å². The van der Waals surface area contributed by atoms with E-state index in [2.05, 4.69) is 15.0 Å². The Morgan fingerprint density at radius 2 is 2.07 bits per heavy atom. The second kappa shape index (κ2) is 6.65. The summed E-state index contributed by atoms with van der Waals surface area (Å²) in [4.78, 5) is 51.3. The highest BCUT2D eigenvalue weighted by atomic mass is 16.2. The standard InChI is InChI=1S/C21H21N5O3/c1-12-23-19-15(20(28)24-12)7-6-13-8-25(9-16(13)19)18(27)10-26-11-22-17-5-3-2-4-14(17)21(26)29/h2-5,11,13,16H,6-10H2,1H3,(H,23,24,28)/t13-,16+/m1/s1. The molecule has 3 heterocycles. The van der Waals surface area contributed by atoms with Gasteiger partial charge in [-0.25, -0.2) is 9.97 Å². The molecule has 29 heavy (non-hydrogen) atoms. The molecular weight excluding hydrogens is 370 g/mol. The number of hydrogen-bond donors (Lipinski definition) is 1. The van der Waals surface area contributed by atoms with Gasteiger partial charge in [0, 0.05) is 24.6 Å². The van der Waals surface area contributed by atoms with E-state index >= 15 is 0 Å². The fourth-order valence-electron chi connectivity index (χ4n) is 4.65. The molecule has 148 valence electrons. The van der Waals surface area contributed by atoms with Crippen molar-refractivity contribution >= 4 is 16.8 Å². The number of benzene rings is 1. The first-order chi connectivity index (χ1) is 14.0. The van der Waals surface area contributed by atoms with Crippen molar-refractivity contribution in [2.75, 3.05) is 13.1 Å². The van der Waals surface area contributed by atoms with E-state index in [-0.39, 0.29) is 29.5 Å². The average molecular weight is 391 g/mol. The molecule has 1 fully saturated rings. The summed E-state index contributed by atoms with van der Waals surface area (Å²) >= 11 is 0. The van der Waals surface area contributed by atoms with Gasteiger partial charge in [-0.1, -0.05) is 12.1 Å². The highest BCUT2D eigenvalue weighted by molar-refractivity contribution is 5.79. The molecule has 0 saturated carbocycles. The van der Waals surface area contributed by atoms with Crippen LogP contribution in [0.1, 0.15) is 29.4 Å². The van der Waals surface area contributed by atoms with Gasteiger partial charge in [-0.3, -0.25) is 19.0 Å². The van der Waals surface area contributed by atoms with Gasteiger partial charge >= 0.3 is 0 Å². The van der Waals surface area contributed by atoms with Gasteiger partial charge in [-0.05, 0) is 37.8 Å². The highest BCUT2D eigenvalue weighted by Gasteiger charge is 2.41. The zero-order chi connectivity index (χ0) is 20.1. The van der Waals surface area contributed by atoms with Gasteiger partial charge in [0.2, 0.25) is 5.91 Å². The maximum atomic E-state index is 12.9. The third kappa shape index (κ3) is 2.95. The summed E-state index contributed by atoms with van der Waals surface area (Å²) in [6, 6.07) is 7.12. The topological polar surface area (TPSA) is 101 Å². The minimum Gasteiger partial charge on any atom is -0.340 e. The molecule has 3 aromatic rings. The van der Waals surface area contributed by atoms with Gasteiger partial charge in [-0.15, -0.1) is 0 Å². The predicted molar refractivity (Wildman–Crippen MR) is 107 cm³/mol. The van der Waals surface area contributed by atoms with Crippen LogP contribution >= 0.6 is 0 Å². The van der Waals surface area contributed by atoms with Crippen molar-refractivity contribution in [2.45, 2.75) is 32.2 Å². The van der Waals surface area contributed by atoms with Crippen LogP contribution in [0.3, 0.4) is 0 Å². The molecule has 0 radical (unpaired) electrons. The predicted octanol–water partition coefficient (Wildman–Crippen LogP) is 0.977. The lowest BCUT2D eigenvalue weighted by molar-refractivity contribution is -0.131. The molecular formula is C21H21N5O3. The molecule has 2 atom stereocenters. The van der Waals surface area contributed by atoms with Crippen molar-refractivity contribution in [1.29, 1.82) is 0 Å². The van der Waals surface area contributed by atoms with Gasteiger partial charge in [0.1, 0.15) is 12.4 Å². The number of aromatic nitrogens is 4. The largest absolute Gasteiger partial charge is 0.340 e. The number of rotatable bonds is 2. The molecule has 8 heteroatoms. The first-order valence-corrected chi connectivity index (χ1v) is 9.83. The molecule has 5 rings (SSSR count). The summed E-state index contributed by atoms with van der Waals surface area (Å²) in [5.74, 6) is 0.872. The number of aromatic amines is 1. The van der Waals surface area contributed by atoms with Crippen molar-refractivity contribution in [3.8, 4) is 0 Å². The van der Waals surface area contributed by atoms with Crippen LogP contribution in [0.5, 0.6) is 0 Å². The smallest absolute Gasteiger partial charge is 0.261 e. The Morgan fingerprint density at radius 1 is 1.24 bits per heavy atom. The summed E-state index contributed by atoms with van der Waals surface area (Å²) in [7, 11) is 0. The van der Waals surface area contributed by atoms with E-state index in [0.717, 1.165) is 17.7 Å². The minimum absolute atomic E-state index is 0.0369. The SMILES string of the molecule is Cc1nc2c(c(=O)[nH]1)CC[C@@H]1CN(C(=O)Cn3cnc4ccccc4c3=O)C[C@H]21. The molecule has 1 aliphatic carbocycles. The Labute approximate surface area is 166 Å².